The molecule has 0 unspecified atom stereocenters. The Balaban J connectivity index is 1.87. The monoisotopic (exact) mass is 231 g/mol. The lowest BCUT2D eigenvalue weighted by Gasteiger charge is -2.50. The first kappa shape index (κ1) is 11.7. The largest absolute Gasteiger partial charge is 0.324 e. The van der Waals surface area contributed by atoms with Crippen molar-refractivity contribution in [3.63, 3.8) is 0 Å². The summed E-state index contributed by atoms with van der Waals surface area (Å²) in [5.41, 5.74) is 0.0862. The fourth-order valence-electron chi connectivity index (χ4n) is 3.04. The van der Waals surface area contributed by atoms with E-state index in [4.69, 9.17) is 11.8 Å². The van der Waals surface area contributed by atoms with E-state index in [2.05, 4.69) is 18.7 Å². The van der Waals surface area contributed by atoms with Crippen LogP contribution in [0.4, 0.5) is 0 Å². The van der Waals surface area contributed by atoms with Crippen molar-refractivity contribution in [1.29, 1.82) is 0 Å². The van der Waals surface area contributed by atoms with E-state index in [1.807, 2.05) is 0 Å². The molecule has 3 aliphatic rings. The quantitative estimate of drug-likeness (QED) is 0.579. The average molecular weight is 232 g/mol. The lowest BCUT2D eigenvalue weighted by Crippen LogP contribution is -2.59. The number of rotatable bonds is 4. The van der Waals surface area contributed by atoms with Crippen molar-refractivity contribution in [3.05, 3.63) is 0 Å². The zero-order valence-corrected chi connectivity index (χ0v) is 10.8. The molecule has 88 valence electrons. The van der Waals surface area contributed by atoms with Gasteiger partial charge < -0.3 is 4.48 Å². The summed E-state index contributed by atoms with van der Waals surface area (Å²) >= 11 is 5.75. The van der Waals surface area contributed by atoms with Crippen LogP contribution < -0.4 is 4.84 Å². The van der Waals surface area contributed by atoms with Crippen molar-refractivity contribution in [1.82, 2.24) is 4.84 Å². The van der Waals surface area contributed by atoms with E-state index in [0.29, 0.717) is 0 Å². The smallest absolute Gasteiger partial charge is 0.0804 e. The summed E-state index contributed by atoms with van der Waals surface area (Å²) in [6.07, 6.45) is 5.58. The van der Waals surface area contributed by atoms with Gasteiger partial charge in [-0.3, -0.25) is 0 Å². The SMILES string of the molecule is CC(C)(CC[N+]12CCC(CC1)CC2)NCl. The highest BCUT2D eigenvalue weighted by atomic mass is 35.5. The summed E-state index contributed by atoms with van der Waals surface area (Å²) in [5.74, 6) is 1.06. The Hall–Kier alpha value is 0.210. The fraction of sp³-hybridized carbons (Fsp3) is 1.00. The minimum absolute atomic E-state index is 0.0862. The molecule has 0 aromatic rings. The molecular formula is C12H24ClN2+. The van der Waals surface area contributed by atoms with Gasteiger partial charge in [-0.05, 0) is 50.8 Å². The third kappa shape index (κ3) is 2.66. The molecule has 3 rings (SSSR count). The lowest BCUT2D eigenvalue weighted by atomic mass is 9.85. The molecule has 3 fully saturated rings. The van der Waals surface area contributed by atoms with Gasteiger partial charge in [-0.25, -0.2) is 4.84 Å². The summed E-state index contributed by atoms with van der Waals surface area (Å²) < 4.78 is 1.37. The minimum Gasteiger partial charge on any atom is -0.324 e. The number of quaternary nitrogens is 1. The number of hydrogen-bond acceptors (Lipinski definition) is 1. The van der Waals surface area contributed by atoms with E-state index in [0.717, 1.165) is 5.92 Å². The van der Waals surface area contributed by atoms with Crippen LogP contribution in [0.2, 0.25) is 0 Å². The first-order valence-corrected chi connectivity index (χ1v) is 6.66. The molecule has 0 spiro atoms. The number of hydrogen-bond donors (Lipinski definition) is 1. The maximum atomic E-state index is 5.75. The predicted molar refractivity (Wildman–Crippen MR) is 64.8 cm³/mol. The van der Waals surface area contributed by atoms with Crippen LogP contribution in [-0.4, -0.2) is 36.2 Å². The van der Waals surface area contributed by atoms with Gasteiger partial charge in [0.05, 0.1) is 26.2 Å². The van der Waals surface area contributed by atoms with Gasteiger partial charge in [0.2, 0.25) is 0 Å². The summed E-state index contributed by atoms with van der Waals surface area (Å²) in [6.45, 7) is 9.94. The number of nitrogens with one attached hydrogen (secondary N) is 1. The van der Waals surface area contributed by atoms with Gasteiger partial charge in [-0.2, -0.15) is 0 Å². The molecule has 15 heavy (non-hydrogen) atoms. The molecule has 0 atom stereocenters. The van der Waals surface area contributed by atoms with Gasteiger partial charge in [-0.15, -0.1) is 0 Å². The van der Waals surface area contributed by atoms with E-state index in [1.165, 1.54) is 56.3 Å². The lowest BCUT2D eigenvalue weighted by molar-refractivity contribution is -0.943. The van der Waals surface area contributed by atoms with Crippen LogP contribution in [0.5, 0.6) is 0 Å². The molecular weight excluding hydrogens is 208 g/mol. The van der Waals surface area contributed by atoms with Crippen LogP contribution in [0.15, 0.2) is 0 Å². The highest BCUT2D eigenvalue weighted by Gasteiger charge is 2.40. The summed E-state index contributed by atoms with van der Waals surface area (Å²) in [7, 11) is 0. The van der Waals surface area contributed by atoms with Crippen LogP contribution in [-0.2, 0) is 0 Å². The molecule has 0 aromatic carbocycles. The molecule has 3 heterocycles. The van der Waals surface area contributed by atoms with Gasteiger partial charge in [0.15, 0.2) is 0 Å². The molecule has 0 radical (unpaired) electrons. The second-order valence-electron chi connectivity index (χ2n) is 6.20. The van der Waals surface area contributed by atoms with Crippen LogP contribution in [0, 0.1) is 5.92 Å². The molecule has 0 aliphatic carbocycles. The average Bonchev–Trinajstić information content (AvgIpc) is 2.30. The van der Waals surface area contributed by atoms with Crippen molar-refractivity contribution >= 4 is 11.8 Å². The topological polar surface area (TPSA) is 12.0 Å². The number of halogens is 1. The Morgan fingerprint density at radius 2 is 1.73 bits per heavy atom. The number of nitrogens with zero attached hydrogens (tertiary/aromatic N) is 1. The van der Waals surface area contributed by atoms with Gasteiger partial charge in [0, 0.05) is 12.0 Å². The maximum absolute atomic E-state index is 5.75. The second kappa shape index (κ2) is 4.23. The van der Waals surface area contributed by atoms with Gasteiger partial charge in [0.25, 0.3) is 0 Å². The third-order valence-corrected chi connectivity index (χ3v) is 5.01. The second-order valence-corrected chi connectivity index (χ2v) is 6.39. The van der Waals surface area contributed by atoms with Crippen molar-refractivity contribution in [2.45, 2.75) is 45.1 Å². The Morgan fingerprint density at radius 3 is 2.20 bits per heavy atom. The molecule has 0 saturated carbocycles. The zero-order chi connectivity index (χ0) is 10.9. The molecule has 0 amide bonds. The molecule has 3 aliphatic heterocycles. The highest BCUT2D eigenvalue weighted by molar-refractivity contribution is 6.13. The van der Waals surface area contributed by atoms with Crippen LogP contribution in [0.25, 0.3) is 0 Å². The Kier molecular flexibility index (Phi) is 3.30. The standard InChI is InChI=1S/C12H24ClN2/c1-12(2,14-13)6-10-15-7-3-11(4-8-15)5-9-15/h11,14H,3-10H2,1-2H3/q+1. The first-order valence-electron chi connectivity index (χ1n) is 6.28. The van der Waals surface area contributed by atoms with Gasteiger partial charge >= 0.3 is 0 Å². The first-order chi connectivity index (χ1) is 7.05. The zero-order valence-electron chi connectivity index (χ0n) is 10.1. The van der Waals surface area contributed by atoms with Crippen LogP contribution in [0.1, 0.15) is 39.5 Å². The van der Waals surface area contributed by atoms with Crippen molar-refractivity contribution in [3.8, 4) is 0 Å². The van der Waals surface area contributed by atoms with E-state index < -0.39 is 0 Å². The van der Waals surface area contributed by atoms with Crippen molar-refractivity contribution in [2.75, 3.05) is 26.2 Å². The Morgan fingerprint density at radius 1 is 1.20 bits per heavy atom. The molecule has 3 heteroatoms. The number of fused-ring (bicyclic) bond motifs is 3. The predicted octanol–water partition coefficient (Wildman–Crippen LogP) is 2.53. The van der Waals surface area contributed by atoms with Gasteiger partial charge in [-0.1, -0.05) is 0 Å². The molecule has 2 bridgehead atoms. The molecule has 3 saturated heterocycles. The minimum atomic E-state index is 0.0862. The summed E-state index contributed by atoms with van der Waals surface area (Å²) in [6, 6.07) is 0. The van der Waals surface area contributed by atoms with E-state index >= 15 is 0 Å². The van der Waals surface area contributed by atoms with Crippen LogP contribution >= 0.6 is 11.8 Å². The highest BCUT2D eigenvalue weighted by Crippen LogP contribution is 2.34. The molecule has 2 nitrogen and oxygen atoms in total. The number of piperidine rings is 3. The third-order valence-electron chi connectivity index (χ3n) is 4.50. The van der Waals surface area contributed by atoms with E-state index in [1.54, 1.807) is 0 Å². The molecule has 1 N–H and O–H groups in total. The fourth-order valence-corrected chi connectivity index (χ4v) is 3.13. The normalized spacial score (nSPS) is 35.8. The van der Waals surface area contributed by atoms with E-state index in [-0.39, 0.29) is 5.54 Å². The van der Waals surface area contributed by atoms with E-state index in [9.17, 15) is 0 Å². The summed E-state index contributed by atoms with van der Waals surface area (Å²) in [4.78, 5) is 2.90. The molecule has 0 aromatic heterocycles. The summed E-state index contributed by atoms with van der Waals surface area (Å²) in [5, 5.41) is 0. The van der Waals surface area contributed by atoms with Crippen molar-refractivity contribution in [2.24, 2.45) is 5.92 Å². The maximum Gasteiger partial charge on any atom is 0.0804 e. The van der Waals surface area contributed by atoms with Crippen molar-refractivity contribution < 1.29 is 4.48 Å². The Bertz CT molecular complexity index is 206. The van der Waals surface area contributed by atoms with Gasteiger partial charge in [0.1, 0.15) is 0 Å². The Labute approximate surface area is 98.7 Å². The van der Waals surface area contributed by atoms with Crippen LogP contribution in [0.3, 0.4) is 0 Å².